The summed E-state index contributed by atoms with van der Waals surface area (Å²) in [5.41, 5.74) is 0.188. The minimum absolute atomic E-state index is 0.0656. The minimum atomic E-state index is -4.43. The maximum atomic E-state index is 13.5. The van der Waals surface area contributed by atoms with Crippen LogP contribution < -0.4 is 0 Å². The number of halogens is 3. The van der Waals surface area contributed by atoms with E-state index in [1.165, 1.54) is 12.1 Å². The van der Waals surface area contributed by atoms with Gasteiger partial charge in [0.2, 0.25) is 5.91 Å². The summed E-state index contributed by atoms with van der Waals surface area (Å²) in [5.74, 6) is -0.215. The van der Waals surface area contributed by atoms with Crippen molar-refractivity contribution in [1.29, 1.82) is 0 Å². The first-order valence-corrected chi connectivity index (χ1v) is 11.8. The van der Waals surface area contributed by atoms with E-state index in [4.69, 9.17) is 4.74 Å². The molecule has 0 saturated heterocycles. The molecule has 35 heavy (non-hydrogen) atoms. The summed E-state index contributed by atoms with van der Waals surface area (Å²) in [6.45, 7) is 5.12. The van der Waals surface area contributed by atoms with Gasteiger partial charge in [0.25, 0.3) is 0 Å². The van der Waals surface area contributed by atoms with E-state index < -0.39 is 17.8 Å². The number of hydrogen-bond donors (Lipinski definition) is 1. The Kier molecular flexibility index (Phi) is 9.26. The second-order valence-corrected chi connectivity index (χ2v) is 9.33. The van der Waals surface area contributed by atoms with Gasteiger partial charge in [-0.2, -0.15) is 13.2 Å². The SMILES string of the molecule is C[C@H](CO)N1C[C@H](C)[C@H](CN(C)Cc2ccccc2C(F)(F)F)OCc2cn(nn2)CCCC1=O. The third-order valence-corrected chi connectivity index (χ3v) is 6.30. The Balaban J connectivity index is 1.80. The molecule has 0 unspecified atom stereocenters. The summed E-state index contributed by atoms with van der Waals surface area (Å²) in [7, 11) is 1.75. The summed E-state index contributed by atoms with van der Waals surface area (Å²) in [6, 6.07) is 5.19. The van der Waals surface area contributed by atoms with Gasteiger partial charge >= 0.3 is 6.18 Å². The second-order valence-electron chi connectivity index (χ2n) is 9.33. The lowest BCUT2D eigenvalue weighted by Gasteiger charge is -2.35. The molecule has 2 heterocycles. The molecule has 0 saturated carbocycles. The number of aliphatic hydroxyl groups is 1. The van der Waals surface area contributed by atoms with Crippen molar-refractivity contribution in [3.8, 4) is 0 Å². The zero-order chi connectivity index (χ0) is 25.6. The van der Waals surface area contributed by atoms with Crippen LogP contribution in [-0.4, -0.2) is 74.7 Å². The minimum Gasteiger partial charge on any atom is -0.394 e. The quantitative estimate of drug-likeness (QED) is 0.661. The van der Waals surface area contributed by atoms with Gasteiger partial charge in [-0.3, -0.25) is 14.4 Å². The fourth-order valence-corrected chi connectivity index (χ4v) is 4.29. The van der Waals surface area contributed by atoms with E-state index in [0.29, 0.717) is 38.2 Å². The molecular weight excluding hydrogens is 463 g/mol. The number of nitrogens with zero attached hydrogens (tertiary/aromatic N) is 5. The van der Waals surface area contributed by atoms with Crippen LogP contribution in [-0.2, 0) is 35.4 Å². The Morgan fingerprint density at radius 3 is 2.77 bits per heavy atom. The number of likely N-dealkylation sites (N-methyl/N-ethyl adjacent to an activating group) is 1. The first-order chi connectivity index (χ1) is 16.6. The Morgan fingerprint density at radius 2 is 2.06 bits per heavy atom. The monoisotopic (exact) mass is 497 g/mol. The second kappa shape index (κ2) is 12.0. The van der Waals surface area contributed by atoms with Crippen molar-refractivity contribution in [3.63, 3.8) is 0 Å². The highest BCUT2D eigenvalue weighted by molar-refractivity contribution is 5.76. The first kappa shape index (κ1) is 27.1. The van der Waals surface area contributed by atoms with Gasteiger partial charge in [-0.25, -0.2) is 0 Å². The van der Waals surface area contributed by atoms with Gasteiger partial charge in [0.1, 0.15) is 5.69 Å². The average molecular weight is 498 g/mol. The predicted octanol–water partition coefficient (Wildman–Crippen LogP) is 2.95. The molecule has 1 aromatic carbocycles. The molecule has 1 N–H and O–H groups in total. The lowest BCUT2D eigenvalue weighted by molar-refractivity contribution is -0.138. The molecule has 3 atom stereocenters. The smallest absolute Gasteiger partial charge is 0.394 e. The number of ether oxygens (including phenoxy) is 1. The maximum Gasteiger partial charge on any atom is 0.416 e. The number of fused-ring (bicyclic) bond motifs is 2. The lowest BCUT2D eigenvalue weighted by Crippen LogP contribution is -2.47. The van der Waals surface area contributed by atoms with E-state index in [9.17, 15) is 23.1 Å². The molecule has 11 heteroatoms. The molecule has 0 fully saturated rings. The van der Waals surface area contributed by atoms with E-state index >= 15 is 0 Å². The number of amides is 1. The fourth-order valence-electron chi connectivity index (χ4n) is 4.29. The van der Waals surface area contributed by atoms with E-state index in [1.807, 2.05) is 6.92 Å². The van der Waals surface area contributed by atoms with Crippen molar-refractivity contribution in [1.82, 2.24) is 24.8 Å². The Morgan fingerprint density at radius 1 is 1.31 bits per heavy atom. The van der Waals surface area contributed by atoms with Crippen molar-refractivity contribution in [2.75, 3.05) is 26.7 Å². The van der Waals surface area contributed by atoms with Gasteiger partial charge < -0.3 is 14.7 Å². The van der Waals surface area contributed by atoms with Gasteiger partial charge in [0, 0.05) is 38.5 Å². The average Bonchev–Trinajstić information content (AvgIpc) is 3.26. The van der Waals surface area contributed by atoms with Gasteiger partial charge in [-0.05, 0) is 32.0 Å². The number of carbonyl (C=O) groups is 1. The number of alkyl halides is 3. The summed E-state index contributed by atoms with van der Waals surface area (Å²) in [6.07, 6.45) is -2.14. The van der Waals surface area contributed by atoms with Crippen molar-refractivity contribution in [3.05, 3.63) is 47.3 Å². The Hall–Kier alpha value is -2.50. The van der Waals surface area contributed by atoms with Gasteiger partial charge in [0.15, 0.2) is 0 Å². The van der Waals surface area contributed by atoms with Crippen molar-refractivity contribution in [2.45, 2.75) is 64.7 Å². The number of aliphatic hydroxyl groups excluding tert-OH is 1. The molecule has 0 aliphatic carbocycles. The number of carbonyl (C=O) groups excluding carboxylic acids is 1. The van der Waals surface area contributed by atoms with Crippen LogP contribution in [0.3, 0.4) is 0 Å². The summed E-state index contributed by atoms with van der Waals surface area (Å²) < 4.78 is 48.2. The van der Waals surface area contributed by atoms with Gasteiger partial charge in [-0.15, -0.1) is 5.10 Å². The van der Waals surface area contributed by atoms with E-state index in [-0.39, 0.29) is 43.2 Å². The third kappa shape index (κ3) is 7.49. The highest BCUT2D eigenvalue weighted by Gasteiger charge is 2.33. The van der Waals surface area contributed by atoms with E-state index in [1.54, 1.807) is 40.7 Å². The lowest BCUT2D eigenvalue weighted by atomic mass is 10.0. The molecule has 3 rings (SSSR count). The van der Waals surface area contributed by atoms with Crippen molar-refractivity contribution < 1.29 is 27.8 Å². The molecule has 8 nitrogen and oxygen atoms in total. The van der Waals surface area contributed by atoms with Crippen molar-refractivity contribution in [2.24, 2.45) is 5.92 Å². The molecule has 2 aromatic rings. The summed E-state index contributed by atoms with van der Waals surface area (Å²) in [4.78, 5) is 16.4. The molecule has 1 aromatic heterocycles. The maximum absolute atomic E-state index is 13.5. The highest BCUT2D eigenvalue weighted by atomic mass is 19.4. The number of hydrogen-bond acceptors (Lipinski definition) is 6. The zero-order valence-corrected chi connectivity index (χ0v) is 20.4. The predicted molar refractivity (Wildman–Crippen MR) is 123 cm³/mol. The van der Waals surface area contributed by atoms with Crippen LogP contribution in [0.5, 0.6) is 0 Å². The van der Waals surface area contributed by atoms with Crippen LogP contribution in [0.2, 0.25) is 0 Å². The largest absolute Gasteiger partial charge is 0.416 e. The molecule has 1 aliphatic rings. The molecule has 0 radical (unpaired) electrons. The molecule has 1 aliphatic heterocycles. The molecule has 0 spiro atoms. The van der Waals surface area contributed by atoms with Crippen LogP contribution in [0, 0.1) is 5.92 Å². The third-order valence-electron chi connectivity index (χ3n) is 6.30. The number of aromatic nitrogens is 3. The van der Waals surface area contributed by atoms with Crippen LogP contribution in [0.4, 0.5) is 13.2 Å². The number of aryl methyl sites for hydroxylation is 1. The van der Waals surface area contributed by atoms with Crippen LogP contribution >= 0.6 is 0 Å². The summed E-state index contributed by atoms with van der Waals surface area (Å²) >= 11 is 0. The standard InChI is InChI=1S/C24H34F3N5O3/c1-17-11-32(18(2)15-33)23(34)9-6-10-31-13-20(28-29-31)16-35-22(17)14-30(3)12-19-7-4-5-8-21(19)24(25,26)27/h4-5,7-8,13,17-18,22,33H,6,9-12,14-16H2,1-3H3/t17-,18+,22-/m0/s1. The zero-order valence-electron chi connectivity index (χ0n) is 20.4. The Labute approximate surface area is 203 Å². The number of benzene rings is 1. The normalized spacial score (nSPS) is 21.4. The Bertz CT molecular complexity index is 968. The molecule has 1 amide bonds. The van der Waals surface area contributed by atoms with E-state index in [2.05, 4.69) is 10.3 Å². The number of rotatable bonds is 6. The molecule has 2 bridgehead atoms. The fraction of sp³-hybridized carbons (Fsp3) is 0.625. The van der Waals surface area contributed by atoms with Gasteiger partial charge in [0.05, 0.1) is 37.1 Å². The highest BCUT2D eigenvalue weighted by Crippen LogP contribution is 2.32. The first-order valence-electron chi connectivity index (χ1n) is 11.8. The van der Waals surface area contributed by atoms with Gasteiger partial charge in [-0.1, -0.05) is 30.3 Å². The topological polar surface area (TPSA) is 83.7 Å². The van der Waals surface area contributed by atoms with Crippen LogP contribution in [0.15, 0.2) is 30.5 Å². The van der Waals surface area contributed by atoms with Crippen LogP contribution in [0.1, 0.15) is 43.5 Å². The van der Waals surface area contributed by atoms with Crippen molar-refractivity contribution >= 4 is 5.91 Å². The summed E-state index contributed by atoms with van der Waals surface area (Å²) in [5, 5.41) is 17.9. The van der Waals surface area contributed by atoms with E-state index in [0.717, 1.165) is 6.07 Å². The molecule has 194 valence electrons. The molecular formula is C24H34F3N5O3. The van der Waals surface area contributed by atoms with Crippen LogP contribution in [0.25, 0.3) is 0 Å².